The van der Waals surface area contributed by atoms with Crippen LogP contribution >= 0.6 is 0 Å². The summed E-state index contributed by atoms with van der Waals surface area (Å²) in [7, 11) is 0. The average Bonchev–Trinajstić information content (AvgIpc) is 2.59. The SMILES string of the molecule is N#Cc1cc2ccccc2c(-c2ccc([N+](=O)[O-])cc2)c1C#N. The second-order valence-electron chi connectivity index (χ2n) is 4.92. The lowest BCUT2D eigenvalue weighted by Gasteiger charge is -2.11. The minimum absolute atomic E-state index is 0.0204. The van der Waals surface area contributed by atoms with E-state index in [9.17, 15) is 20.6 Å². The zero-order valence-corrected chi connectivity index (χ0v) is 11.9. The molecule has 0 aromatic heterocycles. The molecule has 5 heteroatoms. The number of benzene rings is 3. The zero-order chi connectivity index (χ0) is 16.4. The fraction of sp³-hybridized carbons (Fsp3) is 0. The lowest BCUT2D eigenvalue weighted by Crippen LogP contribution is -1.93. The molecule has 5 nitrogen and oxygen atoms in total. The molecule has 108 valence electrons. The van der Waals surface area contributed by atoms with Crippen LogP contribution in [-0.2, 0) is 0 Å². The van der Waals surface area contributed by atoms with Crippen LogP contribution < -0.4 is 0 Å². The van der Waals surface area contributed by atoms with Crippen molar-refractivity contribution in [2.45, 2.75) is 0 Å². The summed E-state index contributed by atoms with van der Waals surface area (Å²) in [6, 6.07) is 19.2. The maximum absolute atomic E-state index is 10.8. The Hall–Kier alpha value is -3.70. The van der Waals surface area contributed by atoms with E-state index in [-0.39, 0.29) is 11.3 Å². The van der Waals surface area contributed by atoms with Gasteiger partial charge in [-0.2, -0.15) is 10.5 Å². The molecule has 0 aliphatic rings. The number of nitro groups is 1. The van der Waals surface area contributed by atoms with Gasteiger partial charge in [0.05, 0.1) is 16.1 Å². The third kappa shape index (κ3) is 2.37. The van der Waals surface area contributed by atoms with Crippen LogP contribution in [0.4, 0.5) is 5.69 Å². The Bertz CT molecular complexity index is 1010. The highest BCUT2D eigenvalue weighted by atomic mass is 16.6. The molecule has 0 bridgehead atoms. The summed E-state index contributed by atoms with van der Waals surface area (Å²) in [6.07, 6.45) is 0. The Labute approximate surface area is 131 Å². The molecule has 3 aromatic carbocycles. The lowest BCUT2D eigenvalue weighted by molar-refractivity contribution is -0.384. The van der Waals surface area contributed by atoms with Gasteiger partial charge in [-0.1, -0.05) is 24.3 Å². The van der Waals surface area contributed by atoms with Gasteiger partial charge < -0.3 is 0 Å². The Balaban J connectivity index is 2.37. The first kappa shape index (κ1) is 14.2. The highest BCUT2D eigenvalue weighted by Gasteiger charge is 2.16. The number of nitriles is 2. The van der Waals surface area contributed by atoms with Crippen molar-refractivity contribution in [3.63, 3.8) is 0 Å². The molecule has 0 saturated heterocycles. The summed E-state index contributed by atoms with van der Waals surface area (Å²) >= 11 is 0. The van der Waals surface area contributed by atoms with Crippen molar-refractivity contribution in [2.24, 2.45) is 0 Å². The quantitative estimate of drug-likeness (QED) is 0.524. The van der Waals surface area contributed by atoms with E-state index in [2.05, 4.69) is 6.07 Å². The predicted molar refractivity (Wildman–Crippen MR) is 85.5 cm³/mol. The maximum atomic E-state index is 10.8. The van der Waals surface area contributed by atoms with E-state index < -0.39 is 4.92 Å². The Kier molecular flexibility index (Phi) is 3.46. The van der Waals surface area contributed by atoms with Gasteiger partial charge in [0.2, 0.25) is 0 Å². The summed E-state index contributed by atoms with van der Waals surface area (Å²) in [5.74, 6) is 0. The number of fused-ring (bicyclic) bond motifs is 1. The first-order chi connectivity index (χ1) is 11.2. The molecular formula is C18H9N3O2. The first-order valence-electron chi connectivity index (χ1n) is 6.76. The van der Waals surface area contributed by atoms with Gasteiger partial charge in [-0.15, -0.1) is 0 Å². The minimum atomic E-state index is -0.473. The third-order valence-corrected chi connectivity index (χ3v) is 3.65. The van der Waals surface area contributed by atoms with Gasteiger partial charge in [0.15, 0.2) is 0 Å². The van der Waals surface area contributed by atoms with Crippen LogP contribution in [0.5, 0.6) is 0 Å². The van der Waals surface area contributed by atoms with Gasteiger partial charge in [0.1, 0.15) is 12.1 Å². The van der Waals surface area contributed by atoms with Gasteiger partial charge in [-0.25, -0.2) is 0 Å². The van der Waals surface area contributed by atoms with E-state index in [1.807, 2.05) is 30.3 Å². The standard InChI is InChI=1S/C18H9N3O2/c19-10-14-9-13-3-1-2-4-16(13)18(17(14)11-20)12-5-7-15(8-6-12)21(22)23/h1-9H. The summed E-state index contributed by atoms with van der Waals surface area (Å²) in [6.45, 7) is 0. The normalized spacial score (nSPS) is 10.0. The molecule has 0 N–H and O–H groups in total. The number of rotatable bonds is 2. The van der Waals surface area contributed by atoms with Crippen molar-refractivity contribution in [1.82, 2.24) is 0 Å². The molecule has 23 heavy (non-hydrogen) atoms. The fourth-order valence-corrected chi connectivity index (χ4v) is 2.60. The number of hydrogen-bond donors (Lipinski definition) is 0. The summed E-state index contributed by atoms with van der Waals surface area (Å²) in [4.78, 5) is 10.3. The van der Waals surface area contributed by atoms with Crippen LogP contribution in [0.3, 0.4) is 0 Å². The highest BCUT2D eigenvalue weighted by Crippen LogP contribution is 2.34. The number of nitro benzene ring substituents is 1. The van der Waals surface area contributed by atoms with Crippen LogP contribution in [0.15, 0.2) is 54.6 Å². The van der Waals surface area contributed by atoms with E-state index >= 15 is 0 Å². The van der Waals surface area contributed by atoms with Crippen LogP contribution in [0, 0.1) is 32.8 Å². The van der Waals surface area contributed by atoms with Gasteiger partial charge in [0, 0.05) is 17.7 Å². The molecule has 0 unspecified atom stereocenters. The molecule has 0 saturated carbocycles. The second kappa shape index (κ2) is 5.59. The van der Waals surface area contributed by atoms with Gasteiger partial charge in [-0.3, -0.25) is 10.1 Å². The number of non-ortho nitro benzene ring substituents is 1. The Morgan fingerprint density at radius 2 is 1.65 bits per heavy atom. The second-order valence-corrected chi connectivity index (χ2v) is 4.92. The van der Waals surface area contributed by atoms with E-state index in [0.717, 1.165) is 10.8 Å². The molecule has 0 aliphatic heterocycles. The maximum Gasteiger partial charge on any atom is 0.269 e. The van der Waals surface area contributed by atoms with Crippen molar-refractivity contribution in [3.8, 4) is 23.3 Å². The molecule has 0 spiro atoms. The molecular weight excluding hydrogens is 290 g/mol. The van der Waals surface area contributed by atoms with E-state index in [4.69, 9.17) is 0 Å². The van der Waals surface area contributed by atoms with Crippen molar-refractivity contribution < 1.29 is 4.92 Å². The summed E-state index contributed by atoms with van der Waals surface area (Å²) in [5, 5.41) is 31.3. The van der Waals surface area contributed by atoms with Crippen LogP contribution in [0.25, 0.3) is 21.9 Å². The third-order valence-electron chi connectivity index (χ3n) is 3.65. The molecule has 0 amide bonds. The number of hydrogen-bond acceptors (Lipinski definition) is 4. The van der Waals surface area contributed by atoms with Gasteiger partial charge >= 0.3 is 0 Å². The predicted octanol–water partition coefficient (Wildman–Crippen LogP) is 4.16. The van der Waals surface area contributed by atoms with E-state index in [1.54, 1.807) is 18.2 Å². The van der Waals surface area contributed by atoms with Crippen molar-refractivity contribution >= 4 is 16.5 Å². The molecule has 0 fully saturated rings. The minimum Gasteiger partial charge on any atom is -0.258 e. The molecule has 3 rings (SSSR count). The molecule has 0 aliphatic carbocycles. The topological polar surface area (TPSA) is 90.7 Å². The lowest BCUT2D eigenvalue weighted by atomic mass is 9.90. The zero-order valence-electron chi connectivity index (χ0n) is 11.9. The average molecular weight is 299 g/mol. The molecule has 0 heterocycles. The summed E-state index contributed by atoms with van der Waals surface area (Å²) < 4.78 is 0. The van der Waals surface area contributed by atoms with E-state index in [1.165, 1.54) is 12.1 Å². The van der Waals surface area contributed by atoms with Crippen molar-refractivity contribution in [1.29, 1.82) is 10.5 Å². The monoisotopic (exact) mass is 299 g/mol. The number of nitrogens with zero attached hydrogens (tertiary/aromatic N) is 3. The van der Waals surface area contributed by atoms with Gasteiger partial charge in [-0.05, 0) is 34.5 Å². The smallest absolute Gasteiger partial charge is 0.258 e. The van der Waals surface area contributed by atoms with E-state index in [0.29, 0.717) is 16.7 Å². The van der Waals surface area contributed by atoms with Crippen molar-refractivity contribution in [3.05, 3.63) is 75.8 Å². The van der Waals surface area contributed by atoms with Gasteiger partial charge in [0.25, 0.3) is 5.69 Å². The molecule has 3 aromatic rings. The largest absolute Gasteiger partial charge is 0.269 e. The summed E-state index contributed by atoms with van der Waals surface area (Å²) in [5.41, 5.74) is 1.84. The van der Waals surface area contributed by atoms with Crippen molar-refractivity contribution in [2.75, 3.05) is 0 Å². The van der Waals surface area contributed by atoms with Crippen LogP contribution in [-0.4, -0.2) is 4.92 Å². The first-order valence-corrected chi connectivity index (χ1v) is 6.76. The molecule has 0 atom stereocenters. The molecule has 0 radical (unpaired) electrons. The van der Waals surface area contributed by atoms with Crippen LogP contribution in [0.2, 0.25) is 0 Å². The highest BCUT2D eigenvalue weighted by molar-refractivity contribution is 6.01. The Morgan fingerprint density at radius 3 is 2.26 bits per heavy atom. The van der Waals surface area contributed by atoms with Crippen LogP contribution in [0.1, 0.15) is 11.1 Å². The fourth-order valence-electron chi connectivity index (χ4n) is 2.60. The Morgan fingerprint density at radius 1 is 0.957 bits per heavy atom.